The van der Waals surface area contributed by atoms with Crippen molar-refractivity contribution in [3.63, 3.8) is 0 Å². The van der Waals surface area contributed by atoms with Crippen molar-refractivity contribution in [3.8, 4) is 0 Å². The lowest BCUT2D eigenvalue weighted by Gasteiger charge is -2.29. The van der Waals surface area contributed by atoms with E-state index in [-0.39, 0.29) is 16.0 Å². The van der Waals surface area contributed by atoms with Crippen LogP contribution >= 0.6 is 15.9 Å². The van der Waals surface area contributed by atoms with E-state index in [2.05, 4.69) is 48.9 Å². The molecule has 0 saturated heterocycles. The van der Waals surface area contributed by atoms with E-state index in [0.717, 1.165) is 16.6 Å². The fourth-order valence-electron chi connectivity index (χ4n) is 1.52. The summed E-state index contributed by atoms with van der Waals surface area (Å²) in [5.41, 5.74) is 1.37. The summed E-state index contributed by atoms with van der Waals surface area (Å²) < 4.78 is 0.775. The number of hydrogen-bond acceptors (Lipinski definition) is 3. The van der Waals surface area contributed by atoms with Crippen molar-refractivity contribution in [2.75, 3.05) is 6.54 Å². The number of non-ortho nitro benzene ring substituents is 1. The van der Waals surface area contributed by atoms with Crippen LogP contribution in [0, 0.1) is 21.4 Å². The van der Waals surface area contributed by atoms with Crippen LogP contribution in [0.1, 0.15) is 33.3 Å². The summed E-state index contributed by atoms with van der Waals surface area (Å²) in [7, 11) is 0. The van der Waals surface area contributed by atoms with Crippen molar-refractivity contribution >= 4 is 21.6 Å². The SMILES string of the molecule is CC(C)C(C)(C)CNCc1ccc([N+](=O)[O-])cc1Br. The summed E-state index contributed by atoms with van der Waals surface area (Å²) in [5.74, 6) is 0.598. The highest BCUT2D eigenvalue weighted by Gasteiger charge is 2.21. The van der Waals surface area contributed by atoms with E-state index in [4.69, 9.17) is 0 Å². The largest absolute Gasteiger partial charge is 0.312 e. The minimum atomic E-state index is -0.385. The van der Waals surface area contributed by atoms with Crippen molar-refractivity contribution in [3.05, 3.63) is 38.3 Å². The van der Waals surface area contributed by atoms with E-state index in [1.165, 1.54) is 6.07 Å². The highest BCUT2D eigenvalue weighted by atomic mass is 79.9. The third kappa shape index (κ3) is 4.58. The zero-order chi connectivity index (χ0) is 14.6. The maximum absolute atomic E-state index is 10.7. The first-order chi connectivity index (χ1) is 8.74. The summed E-state index contributed by atoms with van der Waals surface area (Å²) in [6, 6.07) is 4.87. The molecule has 106 valence electrons. The van der Waals surface area contributed by atoms with Gasteiger partial charge in [-0.3, -0.25) is 10.1 Å². The molecular formula is C14H21BrN2O2. The van der Waals surface area contributed by atoms with Gasteiger partial charge in [-0.2, -0.15) is 0 Å². The van der Waals surface area contributed by atoms with Crippen LogP contribution in [0.15, 0.2) is 22.7 Å². The second kappa shape index (κ2) is 6.48. The Balaban J connectivity index is 2.62. The molecule has 0 aromatic heterocycles. The molecule has 0 aliphatic heterocycles. The second-order valence-corrected chi connectivity index (χ2v) is 6.63. The van der Waals surface area contributed by atoms with E-state index >= 15 is 0 Å². The van der Waals surface area contributed by atoms with Crippen LogP contribution in [-0.2, 0) is 6.54 Å². The molecule has 0 atom stereocenters. The lowest BCUT2D eigenvalue weighted by molar-refractivity contribution is -0.384. The first-order valence-corrected chi connectivity index (χ1v) is 7.17. The Morgan fingerprint density at radius 2 is 2.05 bits per heavy atom. The molecular weight excluding hydrogens is 308 g/mol. The van der Waals surface area contributed by atoms with E-state index in [0.29, 0.717) is 12.5 Å². The molecule has 0 amide bonds. The summed E-state index contributed by atoms with van der Waals surface area (Å²) in [6.45, 7) is 10.5. The van der Waals surface area contributed by atoms with Crippen LogP contribution in [0.3, 0.4) is 0 Å². The molecule has 1 rings (SSSR count). The molecule has 1 N–H and O–H groups in total. The number of nitro benzene ring substituents is 1. The molecule has 0 aliphatic rings. The van der Waals surface area contributed by atoms with E-state index in [9.17, 15) is 10.1 Å². The van der Waals surface area contributed by atoms with E-state index in [1.807, 2.05) is 0 Å². The maximum Gasteiger partial charge on any atom is 0.270 e. The van der Waals surface area contributed by atoms with Gasteiger partial charge in [-0.25, -0.2) is 0 Å². The van der Waals surface area contributed by atoms with Gasteiger partial charge in [0.05, 0.1) is 4.92 Å². The highest BCUT2D eigenvalue weighted by Crippen LogP contribution is 2.26. The summed E-state index contributed by atoms with van der Waals surface area (Å²) in [6.07, 6.45) is 0. The summed E-state index contributed by atoms with van der Waals surface area (Å²) >= 11 is 3.38. The van der Waals surface area contributed by atoms with Crippen molar-refractivity contribution in [1.82, 2.24) is 5.32 Å². The van der Waals surface area contributed by atoms with E-state index in [1.54, 1.807) is 12.1 Å². The predicted molar refractivity (Wildman–Crippen MR) is 81.1 cm³/mol. The summed E-state index contributed by atoms with van der Waals surface area (Å²) in [4.78, 5) is 10.3. The third-order valence-corrected chi connectivity index (χ3v) is 4.44. The van der Waals surface area contributed by atoms with Crippen LogP contribution in [0.5, 0.6) is 0 Å². The molecule has 0 saturated carbocycles. The predicted octanol–water partition coefficient (Wildman–Crippen LogP) is 4.13. The fraction of sp³-hybridized carbons (Fsp3) is 0.571. The van der Waals surface area contributed by atoms with Crippen molar-refractivity contribution < 1.29 is 4.92 Å². The van der Waals surface area contributed by atoms with Crippen LogP contribution in [0.4, 0.5) is 5.69 Å². The average Bonchev–Trinajstić information content (AvgIpc) is 2.30. The highest BCUT2D eigenvalue weighted by molar-refractivity contribution is 9.10. The number of halogens is 1. The Kier molecular flexibility index (Phi) is 5.50. The Morgan fingerprint density at radius 3 is 2.53 bits per heavy atom. The Hall–Kier alpha value is -0.940. The molecule has 0 heterocycles. The number of rotatable bonds is 6. The molecule has 1 aromatic carbocycles. The standard InChI is InChI=1S/C14H21BrN2O2/c1-10(2)14(3,4)9-16-8-11-5-6-12(17(18)19)7-13(11)15/h5-7,10,16H,8-9H2,1-4H3. The Bertz CT molecular complexity index is 459. The van der Waals surface area contributed by atoms with Crippen molar-refractivity contribution in [2.45, 2.75) is 34.2 Å². The topological polar surface area (TPSA) is 55.2 Å². The first kappa shape index (κ1) is 16.1. The van der Waals surface area contributed by atoms with Gasteiger partial charge in [0.2, 0.25) is 0 Å². The normalized spacial score (nSPS) is 11.9. The van der Waals surface area contributed by atoms with E-state index < -0.39 is 0 Å². The van der Waals surface area contributed by atoms with Crippen LogP contribution < -0.4 is 5.32 Å². The third-order valence-electron chi connectivity index (χ3n) is 3.71. The van der Waals surface area contributed by atoms with Gasteiger partial charge in [0.15, 0.2) is 0 Å². The molecule has 0 unspecified atom stereocenters. The van der Waals surface area contributed by atoms with Crippen LogP contribution in [0.25, 0.3) is 0 Å². The quantitative estimate of drug-likeness (QED) is 0.631. The lowest BCUT2D eigenvalue weighted by atomic mass is 9.81. The maximum atomic E-state index is 10.7. The molecule has 0 radical (unpaired) electrons. The molecule has 0 aliphatic carbocycles. The van der Waals surface area contributed by atoms with Gasteiger partial charge < -0.3 is 5.32 Å². The van der Waals surface area contributed by atoms with Crippen LogP contribution in [-0.4, -0.2) is 11.5 Å². The molecule has 0 bridgehead atoms. The monoisotopic (exact) mass is 328 g/mol. The van der Waals surface area contributed by atoms with Gasteiger partial charge in [-0.15, -0.1) is 0 Å². The van der Waals surface area contributed by atoms with Gasteiger partial charge in [0.25, 0.3) is 5.69 Å². The zero-order valence-electron chi connectivity index (χ0n) is 11.9. The molecule has 5 heteroatoms. The van der Waals surface area contributed by atoms with Gasteiger partial charge in [-0.05, 0) is 23.0 Å². The smallest absolute Gasteiger partial charge is 0.270 e. The molecule has 0 fully saturated rings. The zero-order valence-corrected chi connectivity index (χ0v) is 13.5. The number of nitrogens with one attached hydrogen (secondary N) is 1. The van der Waals surface area contributed by atoms with Gasteiger partial charge in [-0.1, -0.05) is 43.6 Å². The second-order valence-electron chi connectivity index (χ2n) is 5.78. The number of hydrogen-bond donors (Lipinski definition) is 1. The number of nitrogens with zero attached hydrogens (tertiary/aromatic N) is 1. The minimum absolute atomic E-state index is 0.109. The first-order valence-electron chi connectivity index (χ1n) is 6.37. The summed E-state index contributed by atoms with van der Waals surface area (Å²) in [5, 5.41) is 14.1. The molecule has 4 nitrogen and oxygen atoms in total. The van der Waals surface area contributed by atoms with Crippen LogP contribution in [0.2, 0.25) is 0 Å². The van der Waals surface area contributed by atoms with Crippen molar-refractivity contribution in [1.29, 1.82) is 0 Å². The molecule has 0 spiro atoms. The van der Waals surface area contributed by atoms with Gasteiger partial charge in [0, 0.05) is 29.7 Å². The molecule has 19 heavy (non-hydrogen) atoms. The molecule has 1 aromatic rings. The lowest BCUT2D eigenvalue weighted by Crippen LogP contribution is -2.33. The Morgan fingerprint density at radius 1 is 1.42 bits per heavy atom. The van der Waals surface area contributed by atoms with Crippen molar-refractivity contribution in [2.24, 2.45) is 11.3 Å². The van der Waals surface area contributed by atoms with Gasteiger partial charge in [0.1, 0.15) is 0 Å². The van der Waals surface area contributed by atoms with Gasteiger partial charge >= 0.3 is 0 Å². The average molecular weight is 329 g/mol. The fourth-order valence-corrected chi connectivity index (χ4v) is 2.02. The number of nitro groups is 1. The number of benzene rings is 1. The Labute approximate surface area is 122 Å². The minimum Gasteiger partial charge on any atom is -0.312 e.